The van der Waals surface area contributed by atoms with Gasteiger partial charge in [-0.1, -0.05) is 48.5 Å². The molecule has 0 radical (unpaired) electrons. The molecule has 0 bridgehead atoms. The number of aryl methyl sites for hydroxylation is 1. The molecule has 0 N–H and O–H groups in total. The number of methoxy groups -OCH3 is 1. The number of hydrogen-bond donors (Lipinski definition) is 0. The van der Waals surface area contributed by atoms with E-state index in [2.05, 4.69) is 58.3 Å². The highest BCUT2D eigenvalue weighted by Crippen LogP contribution is 2.20. The van der Waals surface area contributed by atoms with Crippen LogP contribution in [0.4, 0.5) is 0 Å². The monoisotopic (exact) mass is 324 g/mol. The van der Waals surface area contributed by atoms with E-state index in [9.17, 15) is 0 Å². The third kappa shape index (κ3) is 4.83. The van der Waals surface area contributed by atoms with Gasteiger partial charge >= 0.3 is 0 Å². The lowest BCUT2D eigenvalue weighted by Gasteiger charge is -2.35. The minimum absolute atomic E-state index is 0.988. The van der Waals surface area contributed by atoms with Gasteiger partial charge in [-0.15, -0.1) is 0 Å². The van der Waals surface area contributed by atoms with E-state index in [1.165, 1.54) is 43.6 Å². The number of nitrogens with zero attached hydrogens (tertiary/aromatic N) is 2. The van der Waals surface area contributed by atoms with Gasteiger partial charge in [0.2, 0.25) is 0 Å². The predicted octanol–water partition coefficient (Wildman–Crippen LogP) is 3.45. The van der Waals surface area contributed by atoms with Crippen LogP contribution in [0.15, 0.2) is 54.6 Å². The zero-order valence-corrected chi connectivity index (χ0v) is 14.7. The lowest BCUT2D eigenvalue weighted by Crippen LogP contribution is -2.46. The van der Waals surface area contributed by atoms with Gasteiger partial charge < -0.3 is 9.64 Å². The lowest BCUT2D eigenvalue weighted by molar-refractivity contribution is 0.125. The van der Waals surface area contributed by atoms with E-state index in [-0.39, 0.29) is 0 Å². The Kier molecular flexibility index (Phi) is 6.27. The van der Waals surface area contributed by atoms with Crippen molar-refractivity contribution in [2.75, 3.05) is 39.8 Å². The maximum Gasteiger partial charge on any atom is 0.123 e. The highest BCUT2D eigenvalue weighted by molar-refractivity contribution is 5.33. The van der Waals surface area contributed by atoms with E-state index in [1.54, 1.807) is 7.11 Å². The van der Waals surface area contributed by atoms with Crippen molar-refractivity contribution in [2.45, 2.75) is 19.4 Å². The minimum atomic E-state index is 0.988. The van der Waals surface area contributed by atoms with E-state index in [0.717, 1.165) is 25.4 Å². The summed E-state index contributed by atoms with van der Waals surface area (Å²) in [5.41, 5.74) is 2.74. The Morgan fingerprint density at radius 3 is 2.25 bits per heavy atom. The van der Waals surface area contributed by atoms with Gasteiger partial charge in [0, 0.05) is 38.3 Å². The van der Waals surface area contributed by atoms with Crippen LogP contribution in [-0.2, 0) is 13.0 Å². The molecule has 0 aliphatic carbocycles. The van der Waals surface area contributed by atoms with Crippen LogP contribution in [0.25, 0.3) is 0 Å². The SMILES string of the molecule is COc1ccccc1CN1CCN(CCCc2ccccc2)CC1. The fourth-order valence-electron chi connectivity index (χ4n) is 3.40. The van der Waals surface area contributed by atoms with Gasteiger partial charge in [0.25, 0.3) is 0 Å². The van der Waals surface area contributed by atoms with Crippen LogP contribution in [-0.4, -0.2) is 49.6 Å². The first-order chi connectivity index (χ1) is 11.8. The van der Waals surface area contributed by atoms with E-state index in [0.29, 0.717) is 0 Å². The largest absolute Gasteiger partial charge is 0.496 e. The van der Waals surface area contributed by atoms with Gasteiger partial charge in [-0.05, 0) is 31.0 Å². The number of ether oxygens (including phenoxy) is 1. The second-order valence-corrected chi connectivity index (χ2v) is 6.52. The molecule has 0 saturated carbocycles. The van der Waals surface area contributed by atoms with Crippen LogP contribution in [0.3, 0.4) is 0 Å². The molecule has 0 amide bonds. The highest BCUT2D eigenvalue weighted by Gasteiger charge is 2.17. The normalized spacial score (nSPS) is 16.2. The summed E-state index contributed by atoms with van der Waals surface area (Å²) in [4.78, 5) is 5.13. The lowest BCUT2D eigenvalue weighted by atomic mass is 10.1. The topological polar surface area (TPSA) is 15.7 Å². The summed E-state index contributed by atoms with van der Waals surface area (Å²) in [5.74, 6) is 1.00. The van der Waals surface area contributed by atoms with Gasteiger partial charge in [-0.2, -0.15) is 0 Å². The molecule has 0 spiro atoms. The van der Waals surface area contributed by atoms with Crippen molar-refractivity contribution < 1.29 is 4.74 Å². The summed E-state index contributed by atoms with van der Waals surface area (Å²) in [6, 6.07) is 19.2. The Labute approximate surface area is 145 Å². The molecule has 3 rings (SSSR count). The zero-order chi connectivity index (χ0) is 16.6. The van der Waals surface area contributed by atoms with E-state index in [1.807, 2.05) is 6.07 Å². The third-order valence-corrected chi connectivity index (χ3v) is 4.83. The number of rotatable bonds is 7. The van der Waals surface area contributed by atoms with Crippen molar-refractivity contribution in [1.82, 2.24) is 9.80 Å². The van der Waals surface area contributed by atoms with E-state index in [4.69, 9.17) is 4.74 Å². The summed E-state index contributed by atoms with van der Waals surface area (Å²) in [5, 5.41) is 0. The average molecular weight is 324 g/mol. The first-order valence-electron chi connectivity index (χ1n) is 8.95. The molecule has 24 heavy (non-hydrogen) atoms. The molecule has 1 fully saturated rings. The predicted molar refractivity (Wildman–Crippen MR) is 99.5 cm³/mol. The fourth-order valence-corrected chi connectivity index (χ4v) is 3.40. The maximum absolute atomic E-state index is 5.47. The van der Waals surface area contributed by atoms with Crippen molar-refractivity contribution in [3.8, 4) is 5.75 Å². The minimum Gasteiger partial charge on any atom is -0.496 e. The quantitative estimate of drug-likeness (QED) is 0.776. The van der Waals surface area contributed by atoms with Crippen LogP contribution in [0, 0.1) is 0 Å². The molecule has 0 atom stereocenters. The fraction of sp³-hybridized carbons (Fsp3) is 0.429. The van der Waals surface area contributed by atoms with Crippen molar-refractivity contribution in [3.05, 3.63) is 65.7 Å². The molecule has 128 valence electrons. The Morgan fingerprint density at radius 1 is 0.833 bits per heavy atom. The molecule has 1 aliphatic heterocycles. The number of piperazine rings is 1. The van der Waals surface area contributed by atoms with Gasteiger partial charge in [0.05, 0.1) is 7.11 Å². The number of para-hydroxylation sites is 1. The van der Waals surface area contributed by atoms with Gasteiger partial charge in [0.1, 0.15) is 5.75 Å². The summed E-state index contributed by atoms with van der Waals surface area (Å²) in [6.07, 6.45) is 2.43. The molecule has 0 aromatic heterocycles. The van der Waals surface area contributed by atoms with Crippen molar-refractivity contribution in [2.24, 2.45) is 0 Å². The summed E-state index contributed by atoms with van der Waals surface area (Å²) >= 11 is 0. The van der Waals surface area contributed by atoms with Crippen LogP contribution in [0.5, 0.6) is 5.75 Å². The Bertz CT molecular complexity index is 606. The van der Waals surface area contributed by atoms with E-state index >= 15 is 0 Å². The van der Waals surface area contributed by atoms with Crippen LogP contribution in [0.1, 0.15) is 17.5 Å². The molecule has 1 saturated heterocycles. The van der Waals surface area contributed by atoms with Crippen molar-refractivity contribution >= 4 is 0 Å². The van der Waals surface area contributed by atoms with Gasteiger partial charge in [-0.3, -0.25) is 4.90 Å². The molecular weight excluding hydrogens is 296 g/mol. The van der Waals surface area contributed by atoms with Crippen LogP contribution < -0.4 is 4.74 Å². The molecule has 0 unspecified atom stereocenters. The average Bonchev–Trinajstić information content (AvgIpc) is 2.64. The standard InChI is InChI=1S/C21H28N2O/c1-24-21-12-6-5-11-20(21)18-23-16-14-22(15-17-23)13-7-10-19-8-3-2-4-9-19/h2-6,8-9,11-12H,7,10,13-18H2,1H3. The Morgan fingerprint density at radius 2 is 1.50 bits per heavy atom. The molecule has 2 aromatic carbocycles. The van der Waals surface area contributed by atoms with Crippen LogP contribution in [0.2, 0.25) is 0 Å². The smallest absolute Gasteiger partial charge is 0.123 e. The Hall–Kier alpha value is -1.84. The Balaban J connectivity index is 1.39. The highest BCUT2D eigenvalue weighted by atomic mass is 16.5. The molecule has 1 aliphatic rings. The number of hydrogen-bond acceptors (Lipinski definition) is 3. The van der Waals surface area contributed by atoms with Crippen molar-refractivity contribution in [1.29, 1.82) is 0 Å². The van der Waals surface area contributed by atoms with Crippen molar-refractivity contribution in [3.63, 3.8) is 0 Å². The first kappa shape index (κ1) is 17.0. The maximum atomic E-state index is 5.47. The molecule has 2 aromatic rings. The summed E-state index contributed by atoms with van der Waals surface area (Å²) in [6.45, 7) is 6.82. The number of benzene rings is 2. The molecule has 3 heteroatoms. The van der Waals surface area contributed by atoms with Gasteiger partial charge in [-0.25, -0.2) is 0 Å². The second kappa shape index (κ2) is 8.86. The molecular formula is C21H28N2O. The van der Waals surface area contributed by atoms with E-state index < -0.39 is 0 Å². The third-order valence-electron chi connectivity index (χ3n) is 4.83. The zero-order valence-electron chi connectivity index (χ0n) is 14.7. The molecule has 3 nitrogen and oxygen atoms in total. The summed E-state index contributed by atoms with van der Waals surface area (Å²) < 4.78 is 5.47. The van der Waals surface area contributed by atoms with Crippen LogP contribution >= 0.6 is 0 Å². The summed E-state index contributed by atoms with van der Waals surface area (Å²) in [7, 11) is 1.75. The van der Waals surface area contributed by atoms with Gasteiger partial charge in [0.15, 0.2) is 0 Å². The first-order valence-corrected chi connectivity index (χ1v) is 8.95. The molecule has 1 heterocycles. The second-order valence-electron chi connectivity index (χ2n) is 6.52.